The topological polar surface area (TPSA) is 86.0 Å². The van der Waals surface area contributed by atoms with Crippen molar-refractivity contribution in [3.63, 3.8) is 0 Å². The average molecular weight is 527 g/mol. The maximum absolute atomic E-state index is 12.9. The zero-order valence-corrected chi connectivity index (χ0v) is 23.5. The van der Waals surface area contributed by atoms with Crippen LogP contribution in [0.3, 0.4) is 0 Å². The molecule has 2 aliphatic rings. The lowest BCUT2D eigenvalue weighted by Gasteiger charge is -2.30. The predicted molar refractivity (Wildman–Crippen MR) is 159 cm³/mol. The van der Waals surface area contributed by atoms with Gasteiger partial charge in [-0.25, -0.2) is 5.01 Å². The van der Waals surface area contributed by atoms with Crippen LogP contribution >= 0.6 is 0 Å². The summed E-state index contributed by atoms with van der Waals surface area (Å²) in [5.74, 6) is 0.988. The van der Waals surface area contributed by atoms with Gasteiger partial charge in [-0.05, 0) is 54.8 Å². The maximum Gasteiger partial charge on any atom is 0.291 e. The molecule has 3 aromatic rings. The Labute approximate surface area is 230 Å². The summed E-state index contributed by atoms with van der Waals surface area (Å²) in [6, 6.07) is 11.7. The number of anilines is 3. The Morgan fingerprint density at radius 2 is 1.92 bits per heavy atom. The van der Waals surface area contributed by atoms with Gasteiger partial charge in [0.2, 0.25) is 0 Å². The van der Waals surface area contributed by atoms with Gasteiger partial charge in [-0.3, -0.25) is 9.78 Å². The molecule has 204 valence electrons. The van der Waals surface area contributed by atoms with Crippen LogP contribution in [0.4, 0.5) is 17.1 Å². The standard InChI is InChI=1S/C31H38N6O2/c1-6-22-18-34-37(20-26(22)23-15-25(19-33-17-23)36-13-11-32-12-14-36)27-16-24(8-7-21(27)2)35-30(38)28-9-10-29(39-28)31(3,4)5/h7-10,15-20,22,32H,6,11-14H2,1-5H3,(H,35,38). The van der Waals surface area contributed by atoms with Crippen molar-refractivity contribution >= 4 is 34.8 Å². The molecule has 0 aliphatic carbocycles. The van der Waals surface area contributed by atoms with E-state index in [1.165, 1.54) is 5.57 Å². The minimum absolute atomic E-state index is 0.164. The van der Waals surface area contributed by atoms with Crippen LogP contribution < -0.4 is 20.5 Å². The van der Waals surface area contributed by atoms with Gasteiger partial charge in [-0.1, -0.05) is 33.8 Å². The summed E-state index contributed by atoms with van der Waals surface area (Å²) in [6.07, 6.45) is 8.94. The third kappa shape index (κ3) is 5.91. The quantitative estimate of drug-likeness (QED) is 0.421. The normalized spacial score (nSPS) is 17.8. The minimum Gasteiger partial charge on any atom is -0.455 e. The molecule has 1 amide bonds. The molecule has 39 heavy (non-hydrogen) atoms. The summed E-state index contributed by atoms with van der Waals surface area (Å²) in [5.41, 5.74) is 5.89. The SMILES string of the molecule is CCC1C=NN(c2cc(NC(=O)c3ccc(C(C)(C)C)o3)ccc2C)C=C1c1cncc(N2CCNCC2)c1. The summed E-state index contributed by atoms with van der Waals surface area (Å²) in [5, 5.41) is 13.1. The molecular formula is C31H38N6O2. The van der Waals surface area contributed by atoms with E-state index in [4.69, 9.17) is 9.52 Å². The molecule has 0 radical (unpaired) electrons. The van der Waals surface area contributed by atoms with Gasteiger partial charge in [0.15, 0.2) is 5.76 Å². The Morgan fingerprint density at radius 1 is 1.13 bits per heavy atom. The number of piperazine rings is 1. The number of amides is 1. The molecule has 2 aromatic heterocycles. The first-order chi connectivity index (χ1) is 18.7. The van der Waals surface area contributed by atoms with E-state index < -0.39 is 0 Å². The lowest BCUT2D eigenvalue weighted by molar-refractivity contribution is 0.0993. The Balaban J connectivity index is 1.40. The number of nitrogens with zero attached hydrogens (tertiary/aromatic N) is 4. The third-order valence-corrected chi connectivity index (χ3v) is 7.29. The molecule has 1 atom stereocenters. The van der Waals surface area contributed by atoms with Gasteiger partial charge in [-0.2, -0.15) is 5.10 Å². The zero-order valence-electron chi connectivity index (χ0n) is 23.5. The summed E-state index contributed by atoms with van der Waals surface area (Å²) in [7, 11) is 0. The molecule has 1 unspecified atom stereocenters. The highest BCUT2D eigenvalue weighted by Crippen LogP contribution is 2.34. The van der Waals surface area contributed by atoms with Gasteiger partial charge in [0.25, 0.3) is 5.91 Å². The van der Waals surface area contributed by atoms with E-state index in [0.717, 1.165) is 60.9 Å². The molecule has 5 rings (SSSR count). The Kier molecular flexibility index (Phi) is 7.57. The van der Waals surface area contributed by atoms with Crippen molar-refractivity contribution in [1.29, 1.82) is 0 Å². The molecule has 8 nitrogen and oxygen atoms in total. The number of aryl methyl sites for hydroxylation is 1. The van der Waals surface area contributed by atoms with Crippen LogP contribution in [0.2, 0.25) is 0 Å². The number of benzene rings is 1. The smallest absolute Gasteiger partial charge is 0.291 e. The number of carbonyl (C=O) groups excluding carboxylic acids is 1. The third-order valence-electron chi connectivity index (χ3n) is 7.29. The van der Waals surface area contributed by atoms with Gasteiger partial charge in [0, 0.05) is 67.4 Å². The largest absolute Gasteiger partial charge is 0.455 e. The van der Waals surface area contributed by atoms with Crippen LogP contribution in [0.15, 0.2) is 64.5 Å². The summed E-state index contributed by atoms with van der Waals surface area (Å²) in [4.78, 5) is 19.9. The molecular weight excluding hydrogens is 488 g/mol. The van der Waals surface area contributed by atoms with Gasteiger partial charge in [-0.15, -0.1) is 0 Å². The number of hydrogen-bond donors (Lipinski definition) is 2. The Morgan fingerprint density at radius 3 is 2.64 bits per heavy atom. The zero-order chi connectivity index (χ0) is 27.6. The van der Waals surface area contributed by atoms with Gasteiger partial charge in [0.1, 0.15) is 5.76 Å². The number of nitrogens with one attached hydrogen (secondary N) is 2. The molecule has 1 saturated heterocycles. The van der Waals surface area contributed by atoms with Crippen molar-refractivity contribution in [2.75, 3.05) is 41.4 Å². The second kappa shape index (κ2) is 11.1. The number of allylic oxidation sites excluding steroid dienone is 1. The van der Waals surface area contributed by atoms with Crippen LogP contribution in [0, 0.1) is 12.8 Å². The highest BCUT2D eigenvalue weighted by Gasteiger charge is 2.23. The summed E-state index contributed by atoms with van der Waals surface area (Å²) in [6.45, 7) is 14.3. The van der Waals surface area contributed by atoms with Gasteiger partial charge in [0.05, 0.1) is 17.6 Å². The Hall–Kier alpha value is -3.91. The van der Waals surface area contributed by atoms with Crippen molar-refractivity contribution in [3.8, 4) is 0 Å². The number of aromatic nitrogens is 1. The highest BCUT2D eigenvalue weighted by molar-refractivity contribution is 6.02. The fraction of sp³-hybridized carbons (Fsp3) is 0.387. The number of carbonyl (C=O) groups is 1. The first-order valence-electron chi connectivity index (χ1n) is 13.7. The molecule has 4 heterocycles. The number of pyridine rings is 1. The van der Waals surface area contributed by atoms with Crippen LogP contribution in [0.5, 0.6) is 0 Å². The molecule has 0 bridgehead atoms. The Bertz CT molecular complexity index is 1390. The van der Waals surface area contributed by atoms with Crippen molar-refractivity contribution in [2.24, 2.45) is 11.0 Å². The van der Waals surface area contributed by atoms with Crippen LogP contribution in [0.1, 0.15) is 61.6 Å². The molecule has 0 spiro atoms. The fourth-order valence-corrected chi connectivity index (χ4v) is 4.91. The molecule has 2 N–H and O–H groups in total. The molecule has 8 heteroatoms. The van der Waals surface area contributed by atoms with E-state index in [1.54, 1.807) is 6.07 Å². The molecule has 2 aliphatic heterocycles. The molecule has 1 aromatic carbocycles. The van der Waals surface area contributed by atoms with E-state index in [1.807, 2.05) is 54.8 Å². The van der Waals surface area contributed by atoms with E-state index in [9.17, 15) is 4.79 Å². The molecule has 0 saturated carbocycles. The van der Waals surface area contributed by atoms with Crippen molar-refractivity contribution in [3.05, 3.63) is 77.6 Å². The second-order valence-corrected chi connectivity index (χ2v) is 11.2. The number of rotatable bonds is 6. The van der Waals surface area contributed by atoms with Crippen molar-refractivity contribution in [1.82, 2.24) is 10.3 Å². The van der Waals surface area contributed by atoms with E-state index in [2.05, 4.69) is 60.5 Å². The van der Waals surface area contributed by atoms with Crippen molar-refractivity contribution in [2.45, 2.75) is 46.5 Å². The lowest BCUT2D eigenvalue weighted by Crippen LogP contribution is -2.43. The maximum atomic E-state index is 12.9. The van der Waals surface area contributed by atoms with Gasteiger partial charge >= 0.3 is 0 Å². The summed E-state index contributed by atoms with van der Waals surface area (Å²) >= 11 is 0. The fourth-order valence-electron chi connectivity index (χ4n) is 4.91. The first kappa shape index (κ1) is 26.7. The predicted octanol–water partition coefficient (Wildman–Crippen LogP) is 5.82. The van der Waals surface area contributed by atoms with Crippen LogP contribution in [-0.2, 0) is 5.41 Å². The summed E-state index contributed by atoms with van der Waals surface area (Å²) < 4.78 is 5.82. The number of hydrazone groups is 1. The number of furan rings is 1. The second-order valence-electron chi connectivity index (χ2n) is 11.2. The highest BCUT2D eigenvalue weighted by atomic mass is 16.4. The van der Waals surface area contributed by atoms with E-state index in [0.29, 0.717) is 11.4 Å². The first-order valence-corrected chi connectivity index (χ1v) is 13.7. The van der Waals surface area contributed by atoms with E-state index in [-0.39, 0.29) is 17.2 Å². The van der Waals surface area contributed by atoms with Crippen LogP contribution in [0.25, 0.3) is 5.57 Å². The lowest BCUT2D eigenvalue weighted by atomic mass is 9.91. The average Bonchev–Trinajstić information content (AvgIpc) is 3.46. The van der Waals surface area contributed by atoms with Crippen LogP contribution in [-0.4, -0.2) is 43.3 Å². The molecule has 1 fully saturated rings. The van der Waals surface area contributed by atoms with Gasteiger partial charge < -0.3 is 20.0 Å². The number of hydrogen-bond acceptors (Lipinski definition) is 7. The monoisotopic (exact) mass is 526 g/mol. The van der Waals surface area contributed by atoms with E-state index >= 15 is 0 Å². The minimum atomic E-state index is -0.277. The van der Waals surface area contributed by atoms with Crippen molar-refractivity contribution < 1.29 is 9.21 Å².